The van der Waals surface area contributed by atoms with Crippen LogP contribution in [-0.4, -0.2) is 34.7 Å². The minimum absolute atomic E-state index is 0.0582. The number of aliphatic hydroxyl groups is 1. The molecular weight excluding hydrogens is 198 g/mol. The number of aliphatic hydroxyl groups excluding tert-OH is 1. The molecule has 0 saturated carbocycles. The molecule has 0 aliphatic heterocycles. The van der Waals surface area contributed by atoms with Crippen LogP contribution in [0.4, 0.5) is 0 Å². The maximum atomic E-state index is 11.2. The number of unbranched alkanes of at least 4 members (excludes halogenated alkanes) is 1. The van der Waals surface area contributed by atoms with E-state index < -0.39 is 5.97 Å². The summed E-state index contributed by atoms with van der Waals surface area (Å²) in [5, 5.41) is 19.9. The van der Waals surface area contributed by atoms with E-state index in [1.807, 2.05) is 6.92 Å². The Balaban J connectivity index is 3.52. The number of carbonyl (C=O) groups excluding carboxylic acids is 1. The molecule has 0 aliphatic rings. The summed E-state index contributed by atoms with van der Waals surface area (Å²) in [5.74, 6) is -0.960. The fraction of sp³-hybridized carbons (Fsp3) is 0.800. The molecular formula is C10H19NO4. The third kappa shape index (κ3) is 7.93. The summed E-state index contributed by atoms with van der Waals surface area (Å²) in [7, 11) is 0. The minimum atomic E-state index is -0.836. The van der Waals surface area contributed by atoms with Crippen LogP contribution < -0.4 is 5.32 Å². The van der Waals surface area contributed by atoms with Crippen molar-refractivity contribution < 1.29 is 19.8 Å². The zero-order valence-electron chi connectivity index (χ0n) is 9.03. The van der Waals surface area contributed by atoms with Crippen LogP contribution in [0.5, 0.6) is 0 Å². The maximum absolute atomic E-state index is 11.2. The Morgan fingerprint density at radius 3 is 2.33 bits per heavy atom. The van der Waals surface area contributed by atoms with Crippen LogP contribution in [0, 0.1) is 0 Å². The number of hydrogen-bond acceptors (Lipinski definition) is 3. The van der Waals surface area contributed by atoms with Gasteiger partial charge in [-0.25, -0.2) is 0 Å². The number of hydrogen-bond donors (Lipinski definition) is 3. The third-order valence-electron chi connectivity index (χ3n) is 2.12. The van der Waals surface area contributed by atoms with Gasteiger partial charge >= 0.3 is 5.97 Å². The van der Waals surface area contributed by atoms with Gasteiger partial charge in [0.05, 0.1) is 12.6 Å². The van der Waals surface area contributed by atoms with Crippen LogP contribution in [0.1, 0.15) is 39.0 Å². The maximum Gasteiger partial charge on any atom is 0.303 e. The molecule has 15 heavy (non-hydrogen) atoms. The van der Waals surface area contributed by atoms with Crippen molar-refractivity contribution in [2.75, 3.05) is 6.61 Å². The molecule has 0 radical (unpaired) electrons. The number of amides is 1. The first kappa shape index (κ1) is 13.9. The molecule has 0 heterocycles. The average molecular weight is 217 g/mol. The summed E-state index contributed by atoms with van der Waals surface area (Å²) in [6.07, 6.45) is 2.20. The van der Waals surface area contributed by atoms with Gasteiger partial charge in [0.1, 0.15) is 0 Å². The molecule has 0 aromatic heterocycles. The predicted octanol–water partition coefficient (Wildman–Crippen LogP) is 0.518. The number of nitrogens with one attached hydrogen (secondary N) is 1. The van der Waals surface area contributed by atoms with Crippen molar-refractivity contribution in [2.24, 2.45) is 0 Å². The summed E-state index contributed by atoms with van der Waals surface area (Å²) in [5.41, 5.74) is 0. The van der Waals surface area contributed by atoms with Crippen LogP contribution >= 0.6 is 0 Å². The van der Waals surface area contributed by atoms with E-state index in [0.29, 0.717) is 25.7 Å². The highest BCUT2D eigenvalue weighted by molar-refractivity contribution is 5.76. The van der Waals surface area contributed by atoms with Gasteiger partial charge in [0.25, 0.3) is 0 Å². The molecule has 1 unspecified atom stereocenters. The second-order valence-electron chi connectivity index (χ2n) is 3.46. The van der Waals surface area contributed by atoms with Crippen molar-refractivity contribution in [1.29, 1.82) is 0 Å². The SMILES string of the molecule is CCC(CO)NC(=O)CCCCC(=O)O. The predicted molar refractivity (Wildman–Crippen MR) is 55.4 cm³/mol. The zero-order chi connectivity index (χ0) is 11.7. The lowest BCUT2D eigenvalue weighted by atomic mass is 10.1. The van der Waals surface area contributed by atoms with Gasteiger partial charge in [-0.3, -0.25) is 9.59 Å². The molecule has 1 amide bonds. The highest BCUT2D eigenvalue weighted by Crippen LogP contribution is 2.00. The van der Waals surface area contributed by atoms with Crippen LogP contribution in [0.25, 0.3) is 0 Å². The molecule has 0 aromatic carbocycles. The summed E-state index contributed by atoms with van der Waals surface area (Å²) < 4.78 is 0. The molecule has 0 bridgehead atoms. The van der Waals surface area contributed by atoms with Crippen molar-refractivity contribution in [3.8, 4) is 0 Å². The lowest BCUT2D eigenvalue weighted by Crippen LogP contribution is -2.36. The highest BCUT2D eigenvalue weighted by atomic mass is 16.4. The fourth-order valence-corrected chi connectivity index (χ4v) is 1.14. The number of carboxylic acids is 1. The van der Waals surface area contributed by atoms with Gasteiger partial charge in [-0.2, -0.15) is 0 Å². The lowest BCUT2D eigenvalue weighted by molar-refractivity contribution is -0.137. The molecule has 88 valence electrons. The van der Waals surface area contributed by atoms with Crippen LogP contribution in [0.3, 0.4) is 0 Å². The first-order chi connectivity index (χ1) is 7.10. The van der Waals surface area contributed by atoms with Crippen molar-refractivity contribution in [2.45, 2.75) is 45.1 Å². The van der Waals surface area contributed by atoms with E-state index in [9.17, 15) is 9.59 Å². The van der Waals surface area contributed by atoms with Gasteiger partial charge in [-0.15, -0.1) is 0 Å². The molecule has 0 aliphatic carbocycles. The first-order valence-electron chi connectivity index (χ1n) is 5.22. The topological polar surface area (TPSA) is 86.6 Å². The van der Waals surface area contributed by atoms with Crippen LogP contribution in [0.2, 0.25) is 0 Å². The molecule has 0 saturated heterocycles. The van der Waals surface area contributed by atoms with Gasteiger partial charge < -0.3 is 15.5 Å². The van der Waals surface area contributed by atoms with Gasteiger partial charge in [0, 0.05) is 12.8 Å². The lowest BCUT2D eigenvalue weighted by Gasteiger charge is -2.13. The average Bonchev–Trinajstić information content (AvgIpc) is 2.20. The number of carboxylic acid groups (broad SMARTS) is 1. The van der Waals surface area contributed by atoms with Crippen molar-refractivity contribution in [3.63, 3.8) is 0 Å². The monoisotopic (exact) mass is 217 g/mol. The smallest absolute Gasteiger partial charge is 0.303 e. The number of rotatable bonds is 8. The van der Waals surface area contributed by atoms with E-state index in [-0.39, 0.29) is 25.0 Å². The summed E-state index contributed by atoms with van der Waals surface area (Å²) >= 11 is 0. The van der Waals surface area contributed by atoms with E-state index in [2.05, 4.69) is 5.32 Å². The van der Waals surface area contributed by atoms with Crippen LogP contribution in [-0.2, 0) is 9.59 Å². The molecule has 0 rings (SSSR count). The van der Waals surface area contributed by atoms with Gasteiger partial charge in [0.15, 0.2) is 0 Å². The van der Waals surface area contributed by atoms with Crippen LogP contribution in [0.15, 0.2) is 0 Å². The van der Waals surface area contributed by atoms with Crippen molar-refractivity contribution in [1.82, 2.24) is 5.32 Å². The summed E-state index contributed by atoms with van der Waals surface area (Å²) in [4.78, 5) is 21.4. The highest BCUT2D eigenvalue weighted by Gasteiger charge is 2.08. The molecule has 0 fully saturated rings. The molecule has 5 heteroatoms. The first-order valence-corrected chi connectivity index (χ1v) is 5.22. The zero-order valence-corrected chi connectivity index (χ0v) is 9.03. The summed E-state index contributed by atoms with van der Waals surface area (Å²) in [6, 6.07) is -0.183. The largest absolute Gasteiger partial charge is 0.481 e. The number of carbonyl (C=O) groups is 2. The van der Waals surface area contributed by atoms with Gasteiger partial charge in [0.2, 0.25) is 5.91 Å². The summed E-state index contributed by atoms with van der Waals surface area (Å²) in [6.45, 7) is 1.82. The van der Waals surface area contributed by atoms with Crippen molar-refractivity contribution >= 4 is 11.9 Å². The number of aliphatic carboxylic acids is 1. The van der Waals surface area contributed by atoms with E-state index in [1.54, 1.807) is 0 Å². The molecule has 0 spiro atoms. The van der Waals surface area contributed by atoms with E-state index in [4.69, 9.17) is 10.2 Å². The van der Waals surface area contributed by atoms with E-state index in [0.717, 1.165) is 0 Å². The van der Waals surface area contributed by atoms with E-state index in [1.165, 1.54) is 0 Å². The van der Waals surface area contributed by atoms with E-state index >= 15 is 0 Å². The Bertz CT molecular complexity index is 202. The fourth-order valence-electron chi connectivity index (χ4n) is 1.14. The molecule has 0 aromatic rings. The molecule has 1 atom stereocenters. The quantitative estimate of drug-likeness (QED) is 0.517. The molecule has 5 nitrogen and oxygen atoms in total. The van der Waals surface area contributed by atoms with Crippen molar-refractivity contribution in [3.05, 3.63) is 0 Å². The Labute approximate surface area is 89.5 Å². The minimum Gasteiger partial charge on any atom is -0.481 e. The Kier molecular flexibility index (Phi) is 7.62. The second kappa shape index (κ2) is 8.23. The molecule has 3 N–H and O–H groups in total. The normalized spacial score (nSPS) is 12.1. The van der Waals surface area contributed by atoms with Gasteiger partial charge in [-0.1, -0.05) is 6.92 Å². The Hall–Kier alpha value is -1.10. The third-order valence-corrected chi connectivity index (χ3v) is 2.12. The Morgan fingerprint density at radius 1 is 1.27 bits per heavy atom. The second-order valence-corrected chi connectivity index (χ2v) is 3.46. The standard InChI is InChI=1S/C10H19NO4/c1-2-8(7-12)11-9(13)5-3-4-6-10(14)15/h8,12H,2-7H2,1H3,(H,11,13)(H,14,15). The van der Waals surface area contributed by atoms with Gasteiger partial charge in [-0.05, 0) is 19.3 Å². The Morgan fingerprint density at radius 2 is 1.87 bits per heavy atom.